The number of nitrogens with zero attached hydrogens (tertiary/aromatic N) is 1. The minimum absolute atomic E-state index is 0. The van der Waals surface area contributed by atoms with Crippen LogP contribution in [0.3, 0.4) is 0 Å². The zero-order valence-electron chi connectivity index (χ0n) is 14.9. The van der Waals surface area contributed by atoms with Crippen molar-refractivity contribution in [3.8, 4) is 5.75 Å². The molecule has 0 aliphatic heterocycles. The zero-order valence-corrected chi connectivity index (χ0v) is 17.3. The fourth-order valence-corrected chi connectivity index (χ4v) is 2.26. The predicted molar refractivity (Wildman–Crippen MR) is 110 cm³/mol. The van der Waals surface area contributed by atoms with Crippen molar-refractivity contribution in [3.63, 3.8) is 0 Å². The average Bonchev–Trinajstić information content (AvgIpc) is 3.37. The third-order valence-electron chi connectivity index (χ3n) is 3.78. The lowest BCUT2D eigenvalue weighted by atomic mass is 10.1. The summed E-state index contributed by atoms with van der Waals surface area (Å²) in [6.07, 6.45) is 2.66. The number of nitrogens with one attached hydrogen (secondary N) is 2. The summed E-state index contributed by atoms with van der Waals surface area (Å²) in [6.45, 7) is 7.92. The summed E-state index contributed by atoms with van der Waals surface area (Å²) in [5, 5.41) is 6.56. The van der Waals surface area contributed by atoms with Crippen LogP contribution >= 0.6 is 24.0 Å². The number of methoxy groups -OCH3 is 1. The number of halogens is 1. The summed E-state index contributed by atoms with van der Waals surface area (Å²) in [6, 6.07) is 6.19. The van der Waals surface area contributed by atoms with Gasteiger partial charge in [0.05, 0.1) is 20.3 Å². The van der Waals surface area contributed by atoms with Gasteiger partial charge in [0.2, 0.25) is 0 Å². The molecule has 1 aromatic carbocycles. The molecule has 0 aromatic heterocycles. The molecule has 1 aromatic rings. The molecule has 136 valence electrons. The van der Waals surface area contributed by atoms with Crippen LogP contribution in [-0.2, 0) is 11.3 Å². The molecule has 0 radical (unpaired) electrons. The number of hydrogen-bond acceptors (Lipinski definition) is 3. The van der Waals surface area contributed by atoms with E-state index in [0.717, 1.165) is 49.5 Å². The first-order chi connectivity index (χ1) is 11.2. The molecule has 0 heterocycles. The maximum atomic E-state index is 5.63. The molecule has 24 heavy (non-hydrogen) atoms. The lowest BCUT2D eigenvalue weighted by Gasteiger charge is -2.12. The van der Waals surface area contributed by atoms with Crippen molar-refractivity contribution in [2.24, 2.45) is 10.9 Å². The fourth-order valence-electron chi connectivity index (χ4n) is 2.26. The Kier molecular flexibility index (Phi) is 10.1. The molecule has 0 amide bonds. The number of rotatable bonds is 9. The minimum Gasteiger partial charge on any atom is -0.496 e. The second kappa shape index (κ2) is 11.5. The monoisotopic (exact) mass is 447 g/mol. The van der Waals surface area contributed by atoms with Crippen molar-refractivity contribution in [3.05, 3.63) is 29.3 Å². The molecule has 1 fully saturated rings. The quantitative estimate of drug-likeness (QED) is 0.265. The first-order valence-electron chi connectivity index (χ1n) is 8.46. The molecule has 6 heteroatoms. The second-order valence-corrected chi connectivity index (χ2v) is 5.96. The van der Waals surface area contributed by atoms with Gasteiger partial charge in [-0.2, -0.15) is 0 Å². The van der Waals surface area contributed by atoms with E-state index in [1.807, 2.05) is 6.07 Å². The summed E-state index contributed by atoms with van der Waals surface area (Å²) < 4.78 is 11.1. The van der Waals surface area contributed by atoms with Gasteiger partial charge in [-0.05, 0) is 44.2 Å². The second-order valence-electron chi connectivity index (χ2n) is 5.96. The Morgan fingerprint density at radius 3 is 2.75 bits per heavy atom. The Morgan fingerprint density at radius 1 is 1.29 bits per heavy atom. The van der Waals surface area contributed by atoms with Crippen molar-refractivity contribution in [2.45, 2.75) is 33.2 Å². The average molecular weight is 447 g/mol. The predicted octanol–water partition coefficient (Wildman–Crippen LogP) is 3.10. The Bertz CT molecular complexity index is 519. The minimum atomic E-state index is 0. The van der Waals surface area contributed by atoms with Crippen LogP contribution in [0.5, 0.6) is 5.75 Å². The normalized spacial score (nSPS) is 14.0. The van der Waals surface area contributed by atoms with Gasteiger partial charge in [0.15, 0.2) is 5.96 Å². The van der Waals surface area contributed by atoms with Gasteiger partial charge in [0.25, 0.3) is 0 Å². The number of hydrogen-bond donors (Lipinski definition) is 2. The molecule has 2 N–H and O–H groups in total. The van der Waals surface area contributed by atoms with E-state index in [0.29, 0.717) is 6.54 Å². The van der Waals surface area contributed by atoms with Crippen molar-refractivity contribution < 1.29 is 9.47 Å². The smallest absolute Gasteiger partial charge is 0.191 e. The molecule has 5 nitrogen and oxygen atoms in total. The Balaban J connectivity index is 0.00000288. The highest BCUT2D eigenvalue weighted by Gasteiger charge is 2.20. The highest BCUT2D eigenvalue weighted by atomic mass is 127. The van der Waals surface area contributed by atoms with Gasteiger partial charge in [-0.3, -0.25) is 0 Å². The van der Waals surface area contributed by atoms with E-state index in [2.05, 4.69) is 41.6 Å². The van der Waals surface area contributed by atoms with E-state index < -0.39 is 0 Å². The maximum absolute atomic E-state index is 5.63. The molecule has 0 saturated heterocycles. The van der Waals surface area contributed by atoms with Crippen LogP contribution in [-0.4, -0.2) is 39.4 Å². The molecular formula is C18H30IN3O2. The van der Waals surface area contributed by atoms with E-state index in [4.69, 9.17) is 9.47 Å². The molecule has 0 unspecified atom stereocenters. The van der Waals surface area contributed by atoms with Gasteiger partial charge < -0.3 is 20.1 Å². The third-order valence-corrected chi connectivity index (χ3v) is 3.78. The van der Waals surface area contributed by atoms with Gasteiger partial charge >= 0.3 is 0 Å². The standard InChI is InChI=1S/C18H29N3O2.HI/c1-4-19-18(20-9-10-23-13-15-6-7-15)21-12-16-8-5-14(2)11-17(16)22-3;/h5,8,11,15H,4,6-7,9-10,12-13H2,1-3H3,(H2,19,20,21);1H. The summed E-state index contributed by atoms with van der Waals surface area (Å²) >= 11 is 0. The summed E-state index contributed by atoms with van der Waals surface area (Å²) in [5.74, 6) is 2.51. The van der Waals surface area contributed by atoms with Gasteiger partial charge in [0, 0.05) is 25.3 Å². The van der Waals surface area contributed by atoms with Gasteiger partial charge in [0.1, 0.15) is 5.75 Å². The SMILES string of the molecule is CCNC(=NCc1ccc(C)cc1OC)NCCOCC1CC1.I. The molecule has 0 bridgehead atoms. The van der Waals surface area contributed by atoms with Gasteiger partial charge in [-0.15, -0.1) is 24.0 Å². The van der Waals surface area contributed by atoms with Crippen LogP contribution in [0, 0.1) is 12.8 Å². The van der Waals surface area contributed by atoms with Crippen molar-refractivity contribution in [1.29, 1.82) is 0 Å². The van der Waals surface area contributed by atoms with Gasteiger partial charge in [-0.1, -0.05) is 12.1 Å². The molecule has 0 spiro atoms. The maximum Gasteiger partial charge on any atom is 0.191 e. The number of aryl methyl sites for hydroxylation is 1. The Morgan fingerprint density at radius 2 is 2.08 bits per heavy atom. The molecule has 1 aliphatic rings. The number of benzene rings is 1. The molecule has 2 rings (SSSR count). The van der Waals surface area contributed by atoms with Crippen molar-refractivity contribution in [2.75, 3.05) is 33.4 Å². The summed E-state index contributed by atoms with van der Waals surface area (Å²) in [5.41, 5.74) is 2.27. The van der Waals surface area contributed by atoms with Crippen LogP contribution in [0.15, 0.2) is 23.2 Å². The highest BCUT2D eigenvalue weighted by molar-refractivity contribution is 14.0. The Labute approximate surface area is 162 Å². The van der Waals surface area contributed by atoms with Crippen LogP contribution in [0.2, 0.25) is 0 Å². The topological polar surface area (TPSA) is 54.9 Å². The Hall–Kier alpha value is -1.02. The van der Waals surface area contributed by atoms with Crippen LogP contribution in [0.1, 0.15) is 30.9 Å². The summed E-state index contributed by atoms with van der Waals surface area (Å²) in [4.78, 5) is 4.63. The highest BCUT2D eigenvalue weighted by Crippen LogP contribution is 2.28. The van der Waals surface area contributed by atoms with Gasteiger partial charge in [-0.25, -0.2) is 4.99 Å². The summed E-state index contributed by atoms with van der Waals surface area (Å²) in [7, 11) is 1.70. The zero-order chi connectivity index (χ0) is 16.5. The van der Waals surface area contributed by atoms with E-state index in [-0.39, 0.29) is 24.0 Å². The van der Waals surface area contributed by atoms with E-state index in [1.54, 1.807) is 7.11 Å². The fraction of sp³-hybridized carbons (Fsp3) is 0.611. The molecule has 1 saturated carbocycles. The lowest BCUT2D eigenvalue weighted by molar-refractivity contribution is 0.129. The number of ether oxygens (including phenoxy) is 2. The van der Waals surface area contributed by atoms with Crippen LogP contribution < -0.4 is 15.4 Å². The van der Waals surface area contributed by atoms with E-state index in [1.165, 1.54) is 18.4 Å². The lowest BCUT2D eigenvalue weighted by Crippen LogP contribution is -2.39. The van der Waals surface area contributed by atoms with E-state index in [9.17, 15) is 0 Å². The molecular weight excluding hydrogens is 417 g/mol. The number of guanidine groups is 1. The first kappa shape index (κ1) is 21.0. The largest absolute Gasteiger partial charge is 0.496 e. The molecule has 0 atom stereocenters. The number of aliphatic imine (C=N–C) groups is 1. The van der Waals surface area contributed by atoms with Crippen molar-refractivity contribution in [1.82, 2.24) is 10.6 Å². The van der Waals surface area contributed by atoms with E-state index >= 15 is 0 Å². The van der Waals surface area contributed by atoms with Crippen LogP contribution in [0.4, 0.5) is 0 Å². The molecule has 1 aliphatic carbocycles. The third kappa shape index (κ3) is 7.70. The first-order valence-corrected chi connectivity index (χ1v) is 8.46. The van der Waals surface area contributed by atoms with Crippen molar-refractivity contribution >= 4 is 29.9 Å². The van der Waals surface area contributed by atoms with Crippen LogP contribution in [0.25, 0.3) is 0 Å².